The first-order chi connectivity index (χ1) is 12.3. The number of hydrogen-bond acceptors (Lipinski definition) is 5. The third kappa shape index (κ3) is 3.49. The minimum Gasteiger partial charge on any atom is -0.376 e. The first kappa shape index (κ1) is 16.0. The van der Waals surface area contributed by atoms with Gasteiger partial charge in [-0.2, -0.15) is 0 Å². The van der Waals surface area contributed by atoms with Crippen molar-refractivity contribution in [2.45, 2.75) is 12.5 Å². The second-order valence-electron chi connectivity index (χ2n) is 6.67. The molecule has 2 saturated heterocycles. The van der Waals surface area contributed by atoms with E-state index in [1.807, 2.05) is 18.3 Å². The van der Waals surface area contributed by atoms with E-state index in [1.165, 1.54) is 0 Å². The fourth-order valence-electron chi connectivity index (χ4n) is 3.84. The Morgan fingerprint density at radius 2 is 2.24 bits per heavy atom. The summed E-state index contributed by atoms with van der Waals surface area (Å²) < 4.78 is 5.99. The molecule has 0 radical (unpaired) electrons. The molecule has 1 amide bonds. The second kappa shape index (κ2) is 7.19. The fourth-order valence-corrected chi connectivity index (χ4v) is 3.84. The van der Waals surface area contributed by atoms with E-state index in [9.17, 15) is 4.79 Å². The number of aromatic nitrogens is 2. The number of anilines is 1. The molecule has 130 valence electrons. The first-order valence-corrected chi connectivity index (χ1v) is 8.77. The summed E-state index contributed by atoms with van der Waals surface area (Å²) in [4.78, 5) is 22.9. The number of carbonyl (C=O) groups excluding carboxylic acids is 1. The highest BCUT2D eigenvalue weighted by Crippen LogP contribution is 2.35. The maximum atomic E-state index is 12.2. The smallest absolute Gasteiger partial charge is 0.252 e. The Hall–Kier alpha value is -2.47. The lowest BCUT2D eigenvalue weighted by molar-refractivity contribution is 0.0768. The number of ether oxygens (including phenoxy) is 1. The van der Waals surface area contributed by atoms with Crippen LogP contribution in [0.2, 0.25) is 0 Å². The van der Waals surface area contributed by atoms with Crippen LogP contribution in [0.3, 0.4) is 0 Å². The van der Waals surface area contributed by atoms with Crippen molar-refractivity contribution in [2.24, 2.45) is 11.8 Å². The molecule has 0 saturated carbocycles. The van der Waals surface area contributed by atoms with E-state index < -0.39 is 0 Å². The zero-order chi connectivity index (χ0) is 17.1. The summed E-state index contributed by atoms with van der Waals surface area (Å²) >= 11 is 0. The molecular formula is C19H22N4O2. The number of pyridine rings is 2. The molecule has 0 aromatic carbocycles. The Labute approximate surface area is 147 Å². The van der Waals surface area contributed by atoms with Gasteiger partial charge in [-0.3, -0.25) is 9.78 Å². The number of nitrogens with one attached hydrogen (secondary N) is 1. The molecule has 1 N–H and O–H groups in total. The minimum absolute atomic E-state index is 0.0916. The van der Waals surface area contributed by atoms with E-state index in [-0.39, 0.29) is 12.0 Å². The number of hydrogen-bond donors (Lipinski definition) is 1. The van der Waals surface area contributed by atoms with Gasteiger partial charge in [-0.05, 0) is 36.6 Å². The van der Waals surface area contributed by atoms with Crippen LogP contribution in [0, 0.1) is 11.8 Å². The maximum absolute atomic E-state index is 12.2. The van der Waals surface area contributed by atoms with Crippen LogP contribution in [-0.4, -0.2) is 48.2 Å². The lowest BCUT2D eigenvalue weighted by Crippen LogP contribution is -2.44. The molecule has 2 aliphatic rings. The van der Waals surface area contributed by atoms with Gasteiger partial charge in [0.15, 0.2) is 0 Å². The second-order valence-corrected chi connectivity index (χ2v) is 6.67. The van der Waals surface area contributed by atoms with Crippen molar-refractivity contribution >= 4 is 11.7 Å². The summed E-state index contributed by atoms with van der Waals surface area (Å²) in [5.41, 5.74) is 0.585. The van der Waals surface area contributed by atoms with E-state index in [0.717, 1.165) is 31.9 Å². The number of carbonyl (C=O) groups is 1. The Morgan fingerprint density at radius 3 is 3.04 bits per heavy atom. The first-order valence-electron chi connectivity index (χ1n) is 8.77. The maximum Gasteiger partial charge on any atom is 0.252 e. The van der Waals surface area contributed by atoms with Crippen LogP contribution < -0.4 is 10.2 Å². The highest BCUT2D eigenvalue weighted by atomic mass is 16.5. The summed E-state index contributed by atoms with van der Waals surface area (Å²) in [5.74, 6) is 1.94. The van der Waals surface area contributed by atoms with Crippen molar-refractivity contribution < 1.29 is 9.53 Å². The molecule has 0 aliphatic carbocycles. The molecule has 6 nitrogen and oxygen atoms in total. The van der Waals surface area contributed by atoms with Crippen LogP contribution in [-0.2, 0) is 4.74 Å². The van der Waals surface area contributed by atoms with Crippen LogP contribution >= 0.6 is 0 Å². The summed E-state index contributed by atoms with van der Waals surface area (Å²) in [5, 5.41) is 2.99. The predicted octanol–water partition coefficient (Wildman–Crippen LogP) is 1.75. The molecule has 2 aromatic rings. The molecule has 6 heteroatoms. The number of rotatable bonds is 4. The zero-order valence-electron chi connectivity index (χ0n) is 14.0. The van der Waals surface area contributed by atoms with E-state index >= 15 is 0 Å². The third-order valence-electron chi connectivity index (χ3n) is 5.16. The normalized spacial score (nSPS) is 25.4. The molecule has 4 heterocycles. The Bertz CT molecular complexity index is 710. The van der Waals surface area contributed by atoms with Gasteiger partial charge in [0, 0.05) is 44.1 Å². The average molecular weight is 338 g/mol. The van der Waals surface area contributed by atoms with Gasteiger partial charge in [-0.1, -0.05) is 6.07 Å². The van der Waals surface area contributed by atoms with Crippen LogP contribution in [0.1, 0.15) is 16.8 Å². The molecule has 0 unspecified atom stereocenters. The van der Waals surface area contributed by atoms with Crippen molar-refractivity contribution in [3.63, 3.8) is 0 Å². The Morgan fingerprint density at radius 1 is 1.28 bits per heavy atom. The number of piperidine rings is 1. The van der Waals surface area contributed by atoms with Crippen molar-refractivity contribution in [3.8, 4) is 0 Å². The largest absolute Gasteiger partial charge is 0.376 e. The summed E-state index contributed by atoms with van der Waals surface area (Å²) in [6.07, 6.45) is 6.24. The van der Waals surface area contributed by atoms with E-state index in [0.29, 0.717) is 23.9 Å². The number of fused-ring (bicyclic) bond motifs is 1. The standard InChI is InChI=1S/C19H22N4O2/c24-19(14-4-3-7-20-10-14)22-11-17-16-6-9-23(12-15(16)13-25-17)18-5-1-2-8-21-18/h1-5,7-8,10,15-17H,6,9,11-13H2,(H,22,24)/t15-,16-,17+/m1/s1. The highest BCUT2D eigenvalue weighted by molar-refractivity contribution is 5.93. The molecule has 3 atom stereocenters. The van der Waals surface area contributed by atoms with Crippen molar-refractivity contribution in [2.75, 3.05) is 31.1 Å². The topological polar surface area (TPSA) is 67.3 Å². The van der Waals surface area contributed by atoms with E-state index in [4.69, 9.17) is 4.74 Å². The van der Waals surface area contributed by atoms with Gasteiger partial charge in [-0.15, -0.1) is 0 Å². The number of nitrogens with zero attached hydrogens (tertiary/aromatic N) is 3. The van der Waals surface area contributed by atoms with Crippen LogP contribution in [0.25, 0.3) is 0 Å². The monoisotopic (exact) mass is 338 g/mol. The van der Waals surface area contributed by atoms with Crippen LogP contribution in [0.4, 0.5) is 5.82 Å². The Balaban J connectivity index is 1.32. The molecule has 2 aliphatic heterocycles. The SMILES string of the molecule is O=C(NC[C@@H]1OC[C@H]2CN(c3ccccn3)CC[C@H]21)c1cccnc1. The average Bonchev–Trinajstić information content (AvgIpc) is 3.10. The summed E-state index contributed by atoms with van der Waals surface area (Å²) in [6, 6.07) is 9.56. The highest BCUT2D eigenvalue weighted by Gasteiger charge is 2.41. The molecule has 2 aromatic heterocycles. The van der Waals surface area contributed by atoms with E-state index in [2.05, 4.69) is 26.3 Å². The van der Waals surface area contributed by atoms with Crippen molar-refractivity contribution in [3.05, 3.63) is 54.5 Å². The lowest BCUT2D eigenvalue weighted by atomic mass is 9.84. The van der Waals surface area contributed by atoms with Gasteiger partial charge >= 0.3 is 0 Å². The van der Waals surface area contributed by atoms with Crippen molar-refractivity contribution in [1.82, 2.24) is 15.3 Å². The van der Waals surface area contributed by atoms with E-state index in [1.54, 1.807) is 24.5 Å². The molecule has 25 heavy (non-hydrogen) atoms. The van der Waals surface area contributed by atoms with Crippen LogP contribution in [0.5, 0.6) is 0 Å². The van der Waals surface area contributed by atoms with Gasteiger partial charge in [0.05, 0.1) is 18.3 Å². The van der Waals surface area contributed by atoms with Crippen LogP contribution in [0.15, 0.2) is 48.9 Å². The van der Waals surface area contributed by atoms with Gasteiger partial charge in [0.2, 0.25) is 0 Å². The molecule has 4 rings (SSSR count). The summed E-state index contributed by atoms with van der Waals surface area (Å²) in [6.45, 7) is 3.25. The number of amides is 1. The summed E-state index contributed by atoms with van der Waals surface area (Å²) in [7, 11) is 0. The van der Waals surface area contributed by atoms with Crippen molar-refractivity contribution in [1.29, 1.82) is 0 Å². The predicted molar refractivity (Wildman–Crippen MR) is 94.4 cm³/mol. The van der Waals surface area contributed by atoms with Gasteiger partial charge in [-0.25, -0.2) is 4.98 Å². The molecule has 0 spiro atoms. The quantitative estimate of drug-likeness (QED) is 0.920. The molecule has 2 fully saturated rings. The zero-order valence-corrected chi connectivity index (χ0v) is 14.0. The minimum atomic E-state index is -0.0916. The molecular weight excluding hydrogens is 316 g/mol. The molecule has 0 bridgehead atoms. The lowest BCUT2D eigenvalue weighted by Gasteiger charge is -2.36. The fraction of sp³-hybridized carbons (Fsp3) is 0.421. The van der Waals surface area contributed by atoms with Gasteiger partial charge in [0.1, 0.15) is 5.82 Å². The third-order valence-corrected chi connectivity index (χ3v) is 5.16. The van der Waals surface area contributed by atoms with Gasteiger partial charge in [0.25, 0.3) is 5.91 Å². The van der Waals surface area contributed by atoms with Gasteiger partial charge < -0.3 is 15.0 Å². The Kier molecular flexibility index (Phi) is 4.61.